The Balaban J connectivity index is 2.06. The van der Waals surface area contributed by atoms with E-state index >= 15 is 0 Å². The normalized spacial score (nSPS) is 12.8. The Bertz CT molecular complexity index is 849. The first-order valence-electron chi connectivity index (χ1n) is 7.87. The third-order valence-corrected chi connectivity index (χ3v) is 6.84. The summed E-state index contributed by atoms with van der Waals surface area (Å²) in [5.41, 5.74) is 1.07. The molecular weight excluding hydrogens is 363 g/mol. The molecule has 0 aliphatic heterocycles. The Morgan fingerprint density at radius 3 is 2.72 bits per heavy atom. The van der Waals surface area contributed by atoms with Gasteiger partial charge in [0.1, 0.15) is 11.1 Å². The van der Waals surface area contributed by atoms with Crippen LogP contribution in [0, 0.1) is 5.82 Å². The van der Waals surface area contributed by atoms with Gasteiger partial charge in [0.2, 0.25) is 5.91 Å². The van der Waals surface area contributed by atoms with E-state index in [1.807, 2.05) is 6.92 Å². The summed E-state index contributed by atoms with van der Waals surface area (Å²) in [6.07, 6.45) is 0.746. The lowest BCUT2D eigenvalue weighted by Gasteiger charge is -2.21. The van der Waals surface area contributed by atoms with Gasteiger partial charge in [-0.1, -0.05) is 19.1 Å². The first-order valence-corrected chi connectivity index (χ1v) is 10.5. The number of carbonyl (C=O) groups is 1. The quantitative estimate of drug-likeness (QED) is 0.736. The number of hydrogen-bond donors (Lipinski definition) is 0. The predicted octanol–water partition coefficient (Wildman–Crippen LogP) is 2.81. The van der Waals surface area contributed by atoms with Crippen molar-refractivity contribution in [2.45, 2.75) is 37.8 Å². The molecule has 0 N–H and O–H groups in total. The van der Waals surface area contributed by atoms with Crippen LogP contribution in [0.15, 0.2) is 29.6 Å². The van der Waals surface area contributed by atoms with Crippen LogP contribution >= 0.6 is 11.3 Å². The van der Waals surface area contributed by atoms with Gasteiger partial charge in [0.25, 0.3) is 0 Å². The lowest BCUT2D eigenvalue weighted by Crippen LogP contribution is -2.39. The molecule has 0 aliphatic carbocycles. The fourth-order valence-corrected chi connectivity index (χ4v) is 4.51. The lowest BCUT2D eigenvalue weighted by molar-refractivity contribution is -0.129. The average molecular weight is 384 g/mol. The number of thiazole rings is 1. The molecule has 1 atom stereocenters. The fraction of sp³-hybridized carbons (Fsp3) is 0.412. The lowest BCUT2D eigenvalue weighted by atomic mass is 10.2. The van der Waals surface area contributed by atoms with Crippen molar-refractivity contribution in [2.75, 3.05) is 7.05 Å². The van der Waals surface area contributed by atoms with Crippen LogP contribution in [0.3, 0.4) is 0 Å². The maximum atomic E-state index is 13.2. The Morgan fingerprint density at radius 2 is 2.12 bits per heavy atom. The van der Waals surface area contributed by atoms with Gasteiger partial charge in [-0.2, -0.15) is 0 Å². The molecule has 2 aromatic rings. The molecule has 0 spiro atoms. The van der Waals surface area contributed by atoms with Crippen LogP contribution in [0.2, 0.25) is 0 Å². The molecule has 0 fully saturated rings. The zero-order valence-corrected chi connectivity index (χ0v) is 16.0. The van der Waals surface area contributed by atoms with Crippen molar-refractivity contribution in [1.29, 1.82) is 0 Å². The van der Waals surface area contributed by atoms with Crippen molar-refractivity contribution in [2.24, 2.45) is 0 Å². The zero-order valence-electron chi connectivity index (χ0n) is 14.4. The SMILES string of the molecule is CCc1nc(CS(=O)(=O)C(C)C(=O)N(C)Cc2cccc(F)c2)cs1. The van der Waals surface area contributed by atoms with Crippen LogP contribution in [0.25, 0.3) is 0 Å². The number of hydrogen-bond acceptors (Lipinski definition) is 5. The third-order valence-electron chi connectivity index (χ3n) is 3.82. The van der Waals surface area contributed by atoms with Gasteiger partial charge in [0.05, 0.1) is 16.5 Å². The monoisotopic (exact) mass is 384 g/mol. The van der Waals surface area contributed by atoms with Crippen molar-refractivity contribution in [3.8, 4) is 0 Å². The maximum Gasteiger partial charge on any atom is 0.240 e. The van der Waals surface area contributed by atoms with Crippen molar-refractivity contribution in [3.63, 3.8) is 0 Å². The Morgan fingerprint density at radius 1 is 1.40 bits per heavy atom. The Hall–Kier alpha value is -1.80. The molecule has 0 saturated heterocycles. The highest BCUT2D eigenvalue weighted by Gasteiger charge is 2.31. The summed E-state index contributed by atoms with van der Waals surface area (Å²) in [6, 6.07) is 5.88. The first-order chi connectivity index (χ1) is 11.7. The van der Waals surface area contributed by atoms with Crippen LogP contribution in [0.1, 0.15) is 30.1 Å². The predicted molar refractivity (Wildman–Crippen MR) is 96.5 cm³/mol. The molecule has 5 nitrogen and oxygen atoms in total. The van der Waals surface area contributed by atoms with Crippen molar-refractivity contribution < 1.29 is 17.6 Å². The van der Waals surface area contributed by atoms with E-state index in [0.717, 1.165) is 11.4 Å². The average Bonchev–Trinajstić information content (AvgIpc) is 3.00. The standard InChI is InChI=1S/C17H21FN2O3S2/c1-4-16-19-15(10-24-16)11-25(22,23)12(2)17(21)20(3)9-13-6-5-7-14(18)8-13/h5-8,10,12H,4,9,11H2,1-3H3. The van der Waals surface area contributed by atoms with E-state index in [9.17, 15) is 17.6 Å². The first kappa shape index (κ1) is 19.5. The van der Waals surface area contributed by atoms with Gasteiger partial charge in [0, 0.05) is 19.0 Å². The van der Waals surface area contributed by atoms with Crippen LogP contribution in [-0.4, -0.2) is 36.5 Å². The van der Waals surface area contributed by atoms with Crippen molar-refractivity contribution in [1.82, 2.24) is 9.88 Å². The van der Waals surface area contributed by atoms with E-state index in [4.69, 9.17) is 0 Å². The Labute approximate surface area is 151 Å². The van der Waals surface area contributed by atoms with E-state index in [0.29, 0.717) is 11.3 Å². The number of nitrogens with zero attached hydrogens (tertiary/aromatic N) is 2. The summed E-state index contributed by atoms with van der Waals surface area (Å²) in [4.78, 5) is 18.0. The van der Waals surface area contributed by atoms with Gasteiger partial charge in [0.15, 0.2) is 9.84 Å². The number of sulfone groups is 1. The van der Waals surface area contributed by atoms with E-state index in [2.05, 4.69) is 4.98 Å². The zero-order chi connectivity index (χ0) is 18.6. The van der Waals surface area contributed by atoms with Gasteiger partial charge in [-0.3, -0.25) is 4.79 Å². The summed E-state index contributed by atoms with van der Waals surface area (Å²) in [6.45, 7) is 3.48. The minimum absolute atomic E-state index is 0.146. The molecular formula is C17H21FN2O3S2. The second-order valence-electron chi connectivity index (χ2n) is 5.86. The van der Waals surface area contributed by atoms with Gasteiger partial charge >= 0.3 is 0 Å². The summed E-state index contributed by atoms with van der Waals surface area (Å²) in [7, 11) is -2.16. The van der Waals surface area contributed by atoms with Crippen LogP contribution < -0.4 is 0 Å². The minimum Gasteiger partial charge on any atom is -0.340 e. The molecule has 0 radical (unpaired) electrons. The van der Waals surface area contributed by atoms with Crippen molar-refractivity contribution in [3.05, 3.63) is 51.7 Å². The topological polar surface area (TPSA) is 67.3 Å². The smallest absolute Gasteiger partial charge is 0.240 e. The molecule has 1 unspecified atom stereocenters. The molecule has 0 bridgehead atoms. The van der Waals surface area contributed by atoms with E-state index in [1.165, 1.54) is 42.3 Å². The molecule has 1 aromatic carbocycles. The molecule has 25 heavy (non-hydrogen) atoms. The number of aryl methyl sites for hydroxylation is 1. The molecule has 1 heterocycles. The number of amides is 1. The van der Waals surface area contributed by atoms with Gasteiger partial charge in [-0.25, -0.2) is 17.8 Å². The van der Waals surface area contributed by atoms with Crippen molar-refractivity contribution >= 4 is 27.1 Å². The second kappa shape index (κ2) is 8.05. The highest BCUT2D eigenvalue weighted by Crippen LogP contribution is 2.17. The number of aromatic nitrogens is 1. The summed E-state index contributed by atoms with van der Waals surface area (Å²) in [5, 5.41) is 1.40. The summed E-state index contributed by atoms with van der Waals surface area (Å²) >= 11 is 1.41. The largest absolute Gasteiger partial charge is 0.340 e. The van der Waals surface area contributed by atoms with Gasteiger partial charge in [-0.15, -0.1) is 11.3 Å². The van der Waals surface area contributed by atoms with Crippen LogP contribution in [-0.2, 0) is 33.4 Å². The Kier molecular flexibility index (Phi) is 6.29. The maximum absolute atomic E-state index is 13.2. The number of rotatable bonds is 7. The van der Waals surface area contributed by atoms with Gasteiger partial charge < -0.3 is 4.90 Å². The molecule has 1 aromatic heterocycles. The third kappa shape index (κ3) is 5.09. The molecule has 8 heteroatoms. The molecule has 136 valence electrons. The molecule has 1 amide bonds. The minimum atomic E-state index is -3.67. The summed E-state index contributed by atoms with van der Waals surface area (Å²) < 4.78 is 38.2. The van der Waals surface area contributed by atoms with E-state index in [-0.39, 0.29) is 12.3 Å². The molecule has 0 saturated carbocycles. The van der Waals surface area contributed by atoms with Crippen LogP contribution in [0.5, 0.6) is 0 Å². The highest BCUT2D eigenvalue weighted by molar-refractivity contribution is 7.92. The molecule has 2 rings (SSSR count). The fourth-order valence-electron chi connectivity index (χ4n) is 2.36. The van der Waals surface area contributed by atoms with E-state index < -0.39 is 26.8 Å². The molecule has 0 aliphatic rings. The van der Waals surface area contributed by atoms with Crippen LogP contribution in [0.4, 0.5) is 4.39 Å². The highest BCUT2D eigenvalue weighted by atomic mass is 32.2. The second-order valence-corrected chi connectivity index (χ2v) is 9.12. The number of halogens is 1. The summed E-state index contributed by atoms with van der Waals surface area (Å²) in [5.74, 6) is -1.17. The number of carbonyl (C=O) groups excluding carboxylic acids is 1. The number of benzene rings is 1. The van der Waals surface area contributed by atoms with Gasteiger partial charge in [-0.05, 0) is 31.0 Å². The van der Waals surface area contributed by atoms with E-state index in [1.54, 1.807) is 17.5 Å².